The van der Waals surface area contributed by atoms with Crippen LogP contribution in [0.2, 0.25) is 0 Å². The largest absolute Gasteiger partial charge is 0.399 e. The Morgan fingerprint density at radius 3 is 2.27 bits per heavy atom. The molecule has 1 rings (SSSR count). The third-order valence-electron chi connectivity index (χ3n) is 1.37. The molecular formula is C8H11N3. The van der Waals surface area contributed by atoms with Crippen LogP contribution in [-0.2, 0) is 6.42 Å². The summed E-state index contributed by atoms with van der Waals surface area (Å²) in [6.07, 6.45) is 0.500. The maximum atomic E-state index is 7.03. The van der Waals surface area contributed by atoms with Crippen LogP contribution in [-0.4, -0.2) is 5.84 Å². The van der Waals surface area contributed by atoms with Gasteiger partial charge >= 0.3 is 0 Å². The molecule has 3 heteroatoms. The quantitative estimate of drug-likeness (QED) is 0.329. The molecule has 0 atom stereocenters. The number of nitrogens with two attached hydrogens (primary N) is 2. The fraction of sp³-hybridized carbons (Fsp3) is 0.125. The van der Waals surface area contributed by atoms with Gasteiger partial charge in [0.1, 0.15) is 0 Å². The summed E-state index contributed by atoms with van der Waals surface area (Å²) in [5.41, 5.74) is 12.4. The lowest BCUT2D eigenvalue weighted by Crippen LogP contribution is -2.12. The van der Waals surface area contributed by atoms with Gasteiger partial charge in [-0.1, -0.05) is 12.1 Å². The summed E-state index contributed by atoms with van der Waals surface area (Å²) in [5, 5.41) is 7.03. The van der Waals surface area contributed by atoms with Crippen molar-refractivity contribution in [3.8, 4) is 0 Å². The zero-order valence-electron chi connectivity index (χ0n) is 6.17. The monoisotopic (exact) mass is 149 g/mol. The number of nitrogen functional groups attached to an aromatic ring is 1. The first-order valence-electron chi connectivity index (χ1n) is 3.36. The van der Waals surface area contributed by atoms with Gasteiger partial charge in [-0.2, -0.15) is 0 Å². The third-order valence-corrected chi connectivity index (χ3v) is 1.37. The van der Waals surface area contributed by atoms with Crippen LogP contribution in [0.3, 0.4) is 0 Å². The zero-order valence-corrected chi connectivity index (χ0v) is 6.17. The van der Waals surface area contributed by atoms with E-state index in [-0.39, 0.29) is 5.84 Å². The molecule has 0 aliphatic heterocycles. The second-order valence-electron chi connectivity index (χ2n) is 2.44. The summed E-state index contributed by atoms with van der Waals surface area (Å²) in [5.74, 6) is 0.176. The number of hydrogen-bond acceptors (Lipinski definition) is 2. The second kappa shape index (κ2) is 3.05. The van der Waals surface area contributed by atoms with Crippen molar-refractivity contribution in [2.45, 2.75) is 6.42 Å². The Labute approximate surface area is 65.5 Å². The number of anilines is 1. The number of hydrogen-bond donors (Lipinski definition) is 3. The molecule has 0 spiro atoms. The SMILES string of the molecule is N=C(N)Cc1ccc(N)cc1. The molecule has 0 heterocycles. The van der Waals surface area contributed by atoms with Gasteiger partial charge in [0.05, 0.1) is 5.84 Å². The van der Waals surface area contributed by atoms with Gasteiger partial charge in [-0.05, 0) is 17.7 Å². The normalized spacial score (nSPS) is 9.45. The maximum absolute atomic E-state index is 7.03. The smallest absolute Gasteiger partial charge is 0.0950 e. The van der Waals surface area contributed by atoms with Crippen LogP contribution in [0.1, 0.15) is 5.56 Å². The minimum Gasteiger partial charge on any atom is -0.399 e. The molecule has 0 unspecified atom stereocenters. The highest BCUT2D eigenvalue weighted by molar-refractivity contribution is 5.79. The fourth-order valence-corrected chi connectivity index (χ4v) is 0.855. The van der Waals surface area contributed by atoms with E-state index in [4.69, 9.17) is 16.9 Å². The van der Waals surface area contributed by atoms with Gasteiger partial charge in [0.15, 0.2) is 0 Å². The Morgan fingerprint density at radius 2 is 1.82 bits per heavy atom. The number of nitrogens with one attached hydrogen (secondary N) is 1. The lowest BCUT2D eigenvalue weighted by atomic mass is 10.1. The molecule has 0 saturated heterocycles. The van der Waals surface area contributed by atoms with Crippen LogP contribution in [0.4, 0.5) is 5.69 Å². The minimum atomic E-state index is 0.176. The van der Waals surface area contributed by atoms with Gasteiger partial charge in [0.25, 0.3) is 0 Å². The van der Waals surface area contributed by atoms with Crippen molar-refractivity contribution in [1.82, 2.24) is 0 Å². The van der Waals surface area contributed by atoms with E-state index >= 15 is 0 Å². The van der Waals surface area contributed by atoms with Crippen molar-refractivity contribution >= 4 is 11.5 Å². The van der Waals surface area contributed by atoms with Crippen LogP contribution >= 0.6 is 0 Å². The van der Waals surface area contributed by atoms with Crippen LogP contribution in [0, 0.1) is 5.41 Å². The summed E-state index contributed by atoms with van der Waals surface area (Å²) in [6.45, 7) is 0. The predicted octanol–water partition coefficient (Wildman–Crippen LogP) is 0.747. The molecule has 0 aromatic heterocycles. The summed E-state index contributed by atoms with van der Waals surface area (Å²) in [6, 6.07) is 7.35. The Balaban J connectivity index is 2.74. The van der Waals surface area contributed by atoms with Crippen LogP contribution < -0.4 is 11.5 Å². The Hall–Kier alpha value is -1.51. The molecule has 5 N–H and O–H groups in total. The summed E-state index contributed by atoms with van der Waals surface area (Å²) in [7, 11) is 0. The van der Waals surface area contributed by atoms with E-state index in [1.54, 1.807) is 12.1 Å². The van der Waals surface area contributed by atoms with Gasteiger partial charge < -0.3 is 11.5 Å². The molecule has 3 nitrogen and oxygen atoms in total. The van der Waals surface area contributed by atoms with Gasteiger partial charge in [-0.15, -0.1) is 0 Å². The Bertz CT molecular complexity index is 251. The van der Waals surface area contributed by atoms with E-state index in [1.165, 1.54) is 0 Å². The summed E-state index contributed by atoms with van der Waals surface area (Å²) in [4.78, 5) is 0. The standard InChI is InChI=1S/C8H11N3/c9-7-3-1-6(2-4-7)5-8(10)11/h1-4H,5,9H2,(H3,10,11). The van der Waals surface area contributed by atoms with Crippen LogP contribution in [0.25, 0.3) is 0 Å². The van der Waals surface area contributed by atoms with E-state index in [9.17, 15) is 0 Å². The topological polar surface area (TPSA) is 75.9 Å². The van der Waals surface area contributed by atoms with Gasteiger partial charge in [-0.25, -0.2) is 0 Å². The lowest BCUT2D eigenvalue weighted by Gasteiger charge is -1.98. The molecule has 0 fully saturated rings. The van der Waals surface area contributed by atoms with Gasteiger partial charge in [0, 0.05) is 12.1 Å². The van der Waals surface area contributed by atoms with E-state index < -0.39 is 0 Å². The molecule has 1 aromatic carbocycles. The van der Waals surface area contributed by atoms with E-state index in [1.807, 2.05) is 12.1 Å². The number of benzene rings is 1. The lowest BCUT2D eigenvalue weighted by molar-refractivity contribution is 1.25. The van der Waals surface area contributed by atoms with E-state index in [0.717, 1.165) is 11.3 Å². The van der Waals surface area contributed by atoms with E-state index in [0.29, 0.717) is 6.42 Å². The van der Waals surface area contributed by atoms with Crippen molar-refractivity contribution in [2.75, 3.05) is 5.73 Å². The molecule has 0 amide bonds. The number of amidine groups is 1. The number of rotatable bonds is 2. The molecule has 0 aliphatic carbocycles. The molecule has 0 saturated carbocycles. The first-order valence-corrected chi connectivity index (χ1v) is 3.36. The average Bonchev–Trinajstić information content (AvgIpc) is 1.93. The van der Waals surface area contributed by atoms with Crippen molar-refractivity contribution in [3.05, 3.63) is 29.8 Å². The zero-order chi connectivity index (χ0) is 8.27. The van der Waals surface area contributed by atoms with Crippen molar-refractivity contribution in [3.63, 3.8) is 0 Å². The predicted molar refractivity (Wildman–Crippen MR) is 46.5 cm³/mol. The van der Waals surface area contributed by atoms with Gasteiger partial charge in [0.2, 0.25) is 0 Å². The second-order valence-corrected chi connectivity index (χ2v) is 2.44. The highest BCUT2D eigenvalue weighted by Gasteiger charge is 1.93. The van der Waals surface area contributed by atoms with Gasteiger partial charge in [-0.3, -0.25) is 5.41 Å². The maximum Gasteiger partial charge on any atom is 0.0950 e. The van der Waals surface area contributed by atoms with Crippen molar-refractivity contribution in [2.24, 2.45) is 5.73 Å². The summed E-state index contributed by atoms with van der Waals surface area (Å²) >= 11 is 0. The first kappa shape index (κ1) is 7.60. The highest BCUT2D eigenvalue weighted by Crippen LogP contribution is 2.05. The molecule has 0 radical (unpaired) electrons. The third kappa shape index (κ3) is 2.29. The van der Waals surface area contributed by atoms with E-state index in [2.05, 4.69) is 0 Å². The van der Waals surface area contributed by atoms with Crippen LogP contribution in [0.15, 0.2) is 24.3 Å². The first-order chi connectivity index (χ1) is 5.18. The molecule has 58 valence electrons. The highest BCUT2D eigenvalue weighted by atomic mass is 14.7. The van der Waals surface area contributed by atoms with Crippen LogP contribution in [0.5, 0.6) is 0 Å². The van der Waals surface area contributed by atoms with Crippen molar-refractivity contribution < 1.29 is 0 Å². The molecule has 1 aromatic rings. The molecular weight excluding hydrogens is 138 g/mol. The minimum absolute atomic E-state index is 0.176. The fourth-order valence-electron chi connectivity index (χ4n) is 0.855. The Kier molecular flexibility index (Phi) is 2.11. The summed E-state index contributed by atoms with van der Waals surface area (Å²) < 4.78 is 0. The molecule has 11 heavy (non-hydrogen) atoms. The Morgan fingerprint density at radius 1 is 1.27 bits per heavy atom. The van der Waals surface area contributed by atoms with Crippen molar-refractivity contribution in [1.29, 1.82) is 5.41 Å². The average molecular weight is 149 g/mol. The molecule has 0 aliphatic rings. The molecule has 0 bridgehead atoms.